The molecule has 0 amide bonds. The van der Waals surface area contributed by atoms with E-state index in [0.717, 1.165) is 0 Å². The maximum absolute atomic E-state index is 12.7. The molecular formula is C10H9FO5. The van der Waals surface area contributed by atoms with E-state index in [1.165, 1.54) is 20.1 Å². The van der Waals surface area contributed by atoms with Crippen LogP contribution < -0.4 is 0 Å². The van der Waals surface area contributed by atoms with Gasteiger partial charge in [0.2, 0.25) is 5.83 Å². The molecule has 1 heterocycles. The first kappa shape index (κ1) is 12.0. The number of ether oxygens (including phenoxy) is 1. The molecule has 1 aromatic heterocycles. The topological polar surface area (TPSA) is 76.7 Å². The number of halogens is 1. The fraction of sp³-hybridized carbons (Fsp3) is 0.200. The highest BCUT2D eigenvalue weighted by Gasteiger charge is 2.15. The lowest BCUT2D eigenvalue weighted by molar-refractivity contribution is -0.134. The number of carbonyl (C=O) groups is 2. The van der Waals surface area contributed by atoms with Crippen molar-refractivity contribution >= 4 is 18.0 Å². The van der Waals surface area contributed by atoms with Gasteiger partial charge in [-0.25, -0.2) is 9.59 Å². The Morgan fingerprint density at radius 3 is 2.69 bits per heavy atom. The van der Waals surface area contributed by atoms with Gasteiger partial charge in [-0.05, 0) is 13.0 Å². The molecule has 0 aliphatic rings. The minimum absolute atomic E-state index is 0.0576. The summed E-state index contributed by atoms with van der Waals surface area (Å²) in [5, 5.41) is 8.30. The number of hydrogen-bond donors (Lipinski definition) is 1. The molecule has 0 aromatic carbocycles. The molecule has 1 aromatic rings. The van der Waals surface area contributed by atoms with Crippen molar-refractivity contribution in [3.05, 3.63) is 29.0 Å². The van der Waals surface area contributed by atoms with Gasteiger partial charge in [0.05, 0.1) is 7.11 Å². The standard InChI is InChI=1S/C10H9FO5/c1-5-7(10(14)15-2)3-6(16-5)4-8(11)9(12)13/h3-4H,1-2H3,(H,12,13). The molecule has 1 N–H and O–H groups in total. The van der Waals surface area contributed by atoms with Crippen LogP contribution in [0, 0.1) is 6.92 Å². The maximum atomic E-state index is 12.7. The number of carbonyl (C=O) groups excluding carboxylic acids is 1. The van der Waals surface area contributed by atoms with E-state index >= 15 is 0 Å². The summed E-state index contributed by atoms with van der Waals surface area (Å²) in [6, 6.07) is 1.21. The van der Waals surface area contributed by atoms with E-state index in [2.05, 4.69) is 4.74 Å². The summed E-state index contributed by atoms with van der Waals surface area (Å²) < 4.78 is 22.2. The first-order valence-corrected chi connectivity index (χ1v) is 4.25. The molecule has 0 aliphatic carbocycles. The normalized spacial score (nSPS) is 11.3. The largest absolute Gasteiger partial charge is 0.476 e. The third-order valence-corrected chi connectivity index (χ3v) is 1.82. The van der Waals surface area contributed by atoms with Crippen molar-refractivity contribution in [2.75, 3.05) is 7.11 Å². The molecule has 0 atom stereocenters. The molecular weight excluding hydrogens is 219 g/mol. The quantitative estimate of drug-likeness (QED) is 0.630. The van der Waals surface area contributed by atoms with Gasteiger partial charge >= 0.3 is 11.9 Å². The zero-order valence-corrected chi connectivity index (χ0v) is 8.61. The second-order valence-electron chi connectivity index (χ2n) is 2.91. The SMILES string of the molecule is COC(=O)c1cc(C=C(F)C(=O)O)oc1C. The van der Waals surface area contributed by atoms with Gasteiger partial charge in [-0.3, -0.25) is 0 Å². The summed E-state index contributed by atoms with van der Waals surface area (Å²) >= 11 is 0. The van der Waals surface area contributed by atoms with Crippen LogP contribution in [0.4, 0.5) is 4.39 Å². The minimum atomic E-state index is -1.70. The Kier molecular flexibility index (Phi) is 3.44. The number of aryl methyl sites for hydroxylation is 1. The summed E-state index contributed by atoms with van der Waals surface area (Å²) in [5.74, 6) is -3.52. The number of hydrogen-bond acceptors (Lipinski definition) is 4. The summed E-state index contributed by atoms with van der Waals surface area (Å²) in [6.45, 7) is 1.49. The Morgan fingerprint density at radius 2 is 2.19 bits per heavy atom. The van der Waals surface area contributed by atoms with Crippen molar-refractivity contribution in [2.45, 2.75) is 6.92 Å². The van der Waals surface area contributed by atoms with Gasteiger partial charge in [0.1, 0.15) is 17.1 Å². The molecule has 6 heteroatoms. The second-order valence-corrected chi connectivity index (χ2v) is 2.91. The fourth-order valence-corrected chi connectivity index (χ4v) is 1.08. The van der Waals surface area contributed by atoms with Crippen LogP contribution in [0.15, 0.2) is 16.3 Å². The van der Waals surface area contributed by atoms with Gasteiger partial charge in [0, 0.05) is 6.08 Å². The zero-order chi connectivity index (χ0) is 12.3. The van der Waals surface area contributed by atoms with Gasteiger partial charge in [0.25, 0.3) is 0 Å². The Bertz CT molecular complexity index is 458. The van der Waals surface area contributed by atoms with Crippen LogP contribution in [0.3, 0.4) is 0 Å². The third kappa shape index (κ3) is 2.47. The van der Waals surface area contributed by atoms with Crippen LogP contribution in [0.5, 0.6) is 0 Å². The summed E-state index contributed by atoms with van der Waals surface area (Å²) in [6.07, 6.45) is 0.682. The highest BCUT2D eigenvalue weighted by atomic mass is 19.1. The van der Waals surface area contributed by atoms with E-state index in [4.69, 9.17) is 9.52 Å². The van der Waals surface area contributed by atoms with Crippen molar-refractivity contribution < 1.29 is 28.2 Å². The highest BCUT2D eigenvalue weighted by molar-refractivity contribution is 5.92. The molecule has 0 radical (unpaired) electrons. The average Bonchev–Trinajstić information content (AvgIpc) is 2.58. The Hall–Kier alpha value is -2.11. The summed E-state index contributed by atoms with van der Waals surface area (Å²) in [4.78, 5) is 21.4. The molecule has 86 valence electrons. The average molecular weight is 228 g/mol. The van der Waals surface area contributed by atoms with Gasteiger partial charge in [-0.1, -0.05) is 0 Å². The lowest BCUT2D eigenvalue weighted by Crippen LogP contribution is -2.00. The van der Waals surface area contributed by atoms with Crippen LogP contribution >= 0.6 is 0 Å². The molecule has 0 spiro atoms. The Morgan fingerprint density at radius 1 is 1.56 bits per heavy atom. The first-order valence-electron chi connectivity index (χ1n) is 4.25. The van der Waals surface area contributed by atoms with Crippen molar-refractivity contribution in [3.63, 3.8) is 0 Å². The van der Waals surface area contributed by atoms with Gasteiger partial charge < -0.3 is 14.3 Å². The van der Waals surface area contributed by atoms with E-state index in [1.807, 2.05) is 0 Å². The number of aliphatic carboxylic acids is 1. The van der Waals surface area contributed by atoms with Crippen molar-refractivity contribution in [2.24, 2.45) is 0 Å². The van der Waals surface area contributed by atoms with E-state index in [1.54, 1.807) is 0 Å². The molecule has 5 nitrogen and oxygen atoms in total. The van der Waals surface area contributed by atoms with Gasteiger partial charge in [0.15, 0.2) is 0 Å². The molecule has 16 heavy (non-hydrogen) atoms. The predicted molar refractivity (Wildman–Crippen MR) is 51.5 cm³/mol. The maximum Gasteiger partial charge on any atom is 0.364 e. The second kappa shape index (κ2) is 4.61. The number of rotatable bonds is 3. The molecule has 0 unspecified atom stereocenters. The first-order chi connectivity index (χ1) is 7.45. The minimum Gasteiger partial charge on any atom is -0.476 e. The molecule has 0 saturated carbocycles. The zero-order valence-electron chi connectivity index (χ0n) is 8.61. The summed E-state index contributed by atoms with van der Waals surface area (Å²) in [7, 11) is 1.20. The molecule has 0 saturated heterocycles. The number of carboxylic acid groups (broad SMARTS) is 1. The van der Waals surface area contributed by atoms with E-state index in [0.29, 0.717) is 6.08 Å². The highest BCUT2D eigenvalue weighted by Crippen LogP contribution is 2.18. The lowest BCUT2D eigenvalue weighted by atomic mass is 10.2. The Labute approximate surface area is 90.1 Å². The van der Waals surface area contributed by atoms with E-state index < -0.39 is 17.8 Å². The van der Waals surface area contributed by atoms with Crippen molar-refractivity contribution in [1.82, 2.24) is 0 Å². The van der Waals surface area contributed by atoms with E-state index in [-0.39, 0.29) is 17.1 Å². The van der Waals surface area contributed by atoms with Crippen LogP contribution in [-0.4, -0.2) is 24.2 Å². The lowest BCUT2D eigenvalue weighted by Gasteiger charge is -1.93. The van der Waals surface area contributed by atoms with Crippen LogP contribution in [-0.2, 0) is 9.53 Å². The fourth-order valence-electron chi connectivity index (χ4n) is 1.08. The number of methoxy groups -OCH3 is 1. The third-order valence-electron chi connectivity index (χ3n) is 1.82. The van der Waals surface area contributed by atoms with E-state index in [9.17, 15) is 14.0 Å². The Balaban J connectivity index is 3.06. The van der Waals surface area contributed by atoms with Gasteiger partial charge in [-0.15, -0.1) is 0 Å². The molecule has 0 aliphatic heterocycles. The number of carboxylic acids is 1. The molecule has 0 bridgehead atoms. The predicted octanol–water partition coefficient (Wildman–Crippen LogP) is 1.77. The molecule has 1 rings (SSSR count). The van der Waals surface area contributed by atoms with Crippen LogP contribution in [0.1, 0.15) is 21.9 Å². The smallest absolute Gasteiger partial charge is 0.364 e. The number of furan rings is 1. The van der Waals surface area contributed by atoms with Crippen molar-refractivity contribution in [3.8, 4) is 0 Å². The van der Waals surface area contributed by atoms with Crippen molar-refractivity contribution in [1.29, 1.82) is 0 Å². The van der Waals surface area contributed by atoms with Crippen LogP contribution in [0.25, 0.3) is 6.08 Å². The summed E-state index contributed by atoms with van der Waals surface area (Å²) in [5.41, 5.74) is 0.131. The monoisotopic (exact) mass is 228 g/mol. The number of esters is 1. The molecule has 0 fully saturated rings. The van der Waals surface area contributed by atoms with Gasteiger partial charge in [-0.2, -0.15) is 4.39 Å². The van der Waals surface area contributed by atoms with Crippen LogP contribution in [0.2, 0.25) is 0 Å².